The summed E-state index contributed by atoms with van der Waals surface area (Å²) in [6.45, 7) is -0.498. The minimum absolute atomic E-state index is 0.0519. The highest BCUT2D eigenvalue weighted by molar-refractivity contribution is 6.04. The van der Waals surface area contributed by atoms with Gasteiger partial charge in [0.15, 0.2) is 0 Å². The van der Waals surface area contributed by atoms with Crippen molar-refractivity contribution in [2.75, 3.05) is 25.1 Å². The van der Waals surface area contributed by atoms with Crippen molar-refractivity contribution in [3.05, 3.63) is 70.3 Å². The van der Waals surface area contributed by atoms with Crippen molar-refractivity contribution < 1.29 is 45.7 Å². The van der Waals surface area contributed by atoms with Crippen LogP contribution in [0.5, 0.6) is 5.75 Å². The second-order valence-corrected chi connectivity index (χ2v) is 8.40. The molecule has 3 heterocycles. The predicted molar refractivity (Wildman–Crippen MR) is 123 cm³/mol. The third kappa shape index (κ3) is 5.73. The Morgan fingerprint density at radius 3 is 2.38 bits per heavy atom. The molecule has 3 aromatic rings. The van der Waals surface area contributed by atoms with Crippen LogP contribution in [0, 0.1) is 0 Å². The van der Waals surface area contributed by atoms with Gasteiger partial charge in [0.2, 0.25) is 11.0 Å². The molecule has 15 heteroatoms. The highest BCUT2D eigenvalue weighted by Crippen LogP contribution is 2.34. The number of anilines is 1. The number of pyridine rings is 1. The van der Waals surface area contributed by atoms with Gasteiger partial charge >= 0.3 is 0 Å². The summed E-state index contributed by atoms with van der Waals surface area (Å²) in [6, 6.07) is 7.07. The summed E-state index contributed by atoms with van der Waals surface area (Å²) >= 11 is 0. The van der Waals surface area contributed by atoms with Crippen LogP contribution in [0.25, 0.3) is 11.3 Å². The Morgan fingerprint density at radius 2 is 1.82 bits per heavy atom. The largest absolute Gasteiger partial charge is 0.487 e. The molecule has 0 radical (unpaired) electrons. The van der Waals surface area contributed by atoms with E-state index in [0.717, 1.165) is 18.5 Å². The summed E-state index contributed by atoms with van der Waals surface area (Å²) in [6.07, 6.45) is -8.56. The number of alkyl halides is 6. The van der Waals surface area contributed by atoms with Gasteiger partial charge in [0.25, 0.3) is 25.2 Å². The van der Waals surface area contributed by atoms with Gasteiger partial charge in [0.1, 0.15) is 23.6 Å². The van der Waals surface area contributed by atoms with E-state index in [1.807, 2.05) is 0 Å². The van der Waals surface area contributed by atoms with Gasteiger partial charge in [-0.15, -0.1) is 0 Å². The monoisotopic (exact) mass is 558 g/mol. The number of hydrogen-bond acceptors (Lipinski definition) is 7. The Morgan fingerprint density at radius 1 is 1.13 bits per heavy atom. The molecule has 2 N–H and O–H groups in total. The van der Waals surface area contributed by atoms with E-state index in [1.165, 1.54) is 28.9 Å². The molecule has 9 nitrogen and oxygen atoms in total. The average Bonchev–Trinajstić information content (AvgIpc) is 2.87. The molecular formula is C24H20F6N4O5. The molecule has 0 bridgehead atoms. The first-order chi connectivity index (χ1) is 18.5. The summed E-state index contributed by atoms with van der Waals surface area (Å²) in [4.78, 5) is 29.8. The Hall–Kier alpha value is -3.98. The lowest BCUT2D eigenvalue weighted by atomic mass is 10.0. The number of nitrogens with one attached hydrogen (secondary N) is 1. The first-order valence-corrected chi connectivity index (χ1v) is 11.3. The maximum absolute atomic E-state index is 13.3. The van der Waals surface area contributed by atoms with Crippen molar-refractivity contribution in [3.63, 3.8) is 0 Å². The van der Waals surface area contributed by atoms with E-state index in [0.29, 0.717) is 6.07 Å². The van der Waals surface area contributed by atoms with Crippen LogP contribution in [-0.2, 0) is 10.3 Å². The van der Waals surface area contributed by atoms with Crippen LogP contribution in [0.15, 0.2) is 53.6 Å². The first-order valence-electron chi connectivity index (χ1n) is 11.3. The molecule has 1 amide bonds. The molecule has 0 saturated carbocycles. The molecular weight excluding hydrogens is 538 g/mol. The number of aliphatic hydroxyl groups is 1. The quantitative estimate of drug-likeness (QED) is 0.366. The second-order valence-electron chi connectivity index (χ2n) is 8.40. The maximum atomic E-state index is 13.3. The summed E-state index contributed by atoms with van der Waals surface area (Å²) < 4.78 is 89.4. The van der Waals surface area contributed by atoms with Gasteiger partial charge < -0.3 is 19.9 Å². The molecule has 1 saturated heterocycles. The Labute approximate surface area is 216 Å². The number of benzene rings is 1. The smallest absolute Gasteiger partial charge is 0.278 e. The first kappa shape index (κ1) is 28.0. The SMILES string of the molecule is O=C(Nc1ccc(C(O)(C(F)F)C(F)F)nc1)c1cn(C2COC2)nc(-c2ccccc2OCC(F)F)c1=O. The van der Waals surface area contributed by atoms with Gasteiger partial charge in [0, 0.05) is 11.8 Å². The molecule has 1 fully saturated rings. The number of halogens is 6. The van der Waals surface area contributed by atoms with Gasteiger partial charge in [0.05, 0.1) is 36.8 Å². The summed E-state index contributed by atoms with van der Waals surface area (Å²) in [5.41, 5.74) is -6.54. The van der Waals surface area contributed by atoms with Crippen LogP contribution in [0.1, 0.15) is 22.1 Å². The number of para-hydroxylation sites is 1. The normalized spacial score (nSPS) is 14.1. The van der Waals surface area contributed by atoms with Crippen molar-refractivity contribution in [3.8, 4) is 17.0 Å². The zero-order valence-electron chi connectivity index (χ0n) is 19.7. The number of carbonyl (C=O) groups excluding carboxylic acids is 1. The van der Waals surface area contributed by atoms with Crippen LogP contribution < -0.4 is 15.5 Å². The summed E-state index contributed by atoms with van der Waals surface area (Å²) in [7, 11) is 0. The van der Waals surface area contributed by atoms with Gasteiger partial charge in [-0.05, 0) is 24.3 Å². The van der Waals surface area contributed by atoms with Crippen LogP contribution >= 0.6 is 0 Å². The lowest BCUT2D eigenvalue weighted by Gasteiger charge is -2.28. The van der Waals surface area contributed by atoms with E-state index in [1.54, 1.807) is 0 Å². The van der Waals surface area contributed by atoms with E-state index in [9.17, 15) is 41.0 Å². The zero-order valence-corrected chi connectivity index (χ0v) is 19.7. The van der Waals surface area contributed by atoms with Crippen LogP contribution in [0.4, 0.5) is 32.0 Å². The van der Waals surface area contributed by atoms with Gasteiger partial charge in [-0.25, -0.2) is 26.3 Å². The van der Waals surface area contributed by atoms with E-state index in [2.05, 4.69) is 15.4 Å². The van der Waals surface area contributed by atoms with E-state index in [4.69, 9.17) is 9.47 Å². The number of rotatable bonds is 10. The number of ether oxygens (including phenoxy) is 2. The maximum Gasteiger partial charge on any atom is 0.278 e. The Balaban J connectivity index is 1.68. The Kier molecular flexibility index (Phi) is 8.20. The lowest BCUT2D eigenvalue weighted by molar-refractivity contribution is -0.185. The Bertz CT molecular complexity index is 1370. The average molecular weight is 558 g/mol. The summed E-state index contributed by atoms with van der Waals surface area (Å²) in [5.74, 6) is -1.06. The standard InChI is InChI=1S/C24H20F6N4O5/c25-18(26)11-39-16-4-2-1-3-14(16)19-20(35)15(8-34(33-19)13-9-38-10-13)21(36)32-12-5-6-17(31-7-12)24(37,22(27)28)23(29)30/h1-8,13,18,22-23,37H,9-11H2,(H,32,36). The number of carbonyl (C=O) groups is 1. The molecule has 2 aromatic heterocycles. The molecule has 0 spiro atoms. The third-order valence-electron chi connectivity index (χ3n) is 5.78. The molecule has 1 aliphatic rings. The van der Waals surface area contributed by atoms with Crippen molar-refractivity contribution in [2.45, 2.75) is 30.9 Å². The zero-order chi connectivity index (χ0) is 28.3. The van der Waals surface area contributed by atoms with Crippen LogP contribution in [0.2, 0.25) is 0 Å². The van der Waals surface area contributed by atoms with Crippen molar-refractivity contribution >= 4 is 11.6 Å². The van der Waals surface area contributed by atoms with Gasteiger partial charge in [-0.2, -0.15) is 5.10 Å². The fourth-order valence-electron chi connectivity index (χ4n) is 3.57. The highest BCUT2D eigenvalue weighted by Gasteiger charge is 2.50. The number of hydrogen-bond donors (Lipinski definition) is 2. The number of aromatic nitrogens is 3. The van der Waals surface area contributed by atoms with Crippen LogP contribution in [0.3, 0.4) is 0 Å². The van der Waals surface area contributed by atoms with E-state index in [-0.39, 0.29) is 41.9 Å². The molecule has 39 heavy (non-hydrogen) atoms. The second kappa shape index (κ2) is 11.4. The summed E-state index contributed by atoms with van der Waals surface area (Å²) in [5, 5.41) is 16.3. The van der Waals surface area contributed by atoms with E-state index < -0.39 is 54.1 Å². The molecule has 208 valence electrons. The third-order valence-corrected chi connectivity index (χ3v) is 5.78. The van der Waals surface area contributed by atoms with Crippen molar-refractivity contribution in [2.24, 2.45) is 0 Å². The number of amides is 1. The highest BCUT2D eigenvalue weighted by atomic mass is 19.3. The van der Waals surface area contributed by atoms with Crippen molar-refractivity contribution in [1.82, 2.24) is 14.8 Å². The molecule has 0 atom stereocenters. The minimum Gasteiger partial charge on any atom is -0.487 e. The van der Waals surface area contributed by atoms with Crippen LogP contribution in [-0.4, -0.2) is 64.9 Å². The predicted octanol–water partition coefficient (Wildman–Crippen LogP) is 3.49. The minimum atomic E-state index is -3.85. The van der Waals surface area contributed by atoms with E-state index >= 15 is 0 Å². The molecule has 0 unspecified atom stereocenters. The fourth-order valence-corrected chi connectivity index (χ4v) is 3.57. The molecule has 0 aliphatic carbocycles. The topological polar surface area (TPSA) is 116 Å². The lowest BCUT2D eigenvalue weighted by Crippen LogP contribution is -2.42. The molecule has 1 aliphatic heterocycles. The molecule has 4 rings (SSSR count). The molecule has 1 aromatic carbocycles. The van der Waals surface area contributed by atoms with Crippen molar-refractivity contribution in [1.29, 1.82) is 0 Å². The fraction of sp³-hybridized carbons (Fsp3) is 0.333. The number of nitrogens with zero attached hydrogens (tertiary/aromatic N) is 3. The van der Waals surface area contributed by atoms with Gasteiger partial charge in [-0.1, -0.05) is 12.1 Å². The van der Waals surface area contributed by atoms with Gasteiger partial charge in [-0.3, -0.25) is 19.3 Å².